The van der Waals surface area contributed by atoms with E-state index in [1.807, 2.05) is 12.3 Å². The number of amides is 2. The Balaban J connectivity index is 2.84. The van der Waals surface area contributed by atoms with Crippen LogP contribution in [0.5, 0.6) is 0 Å². The van der Waals surface area contributed by atoms with Crippen molar-refractivity contribution in [3.05, 3.63) is 35.9 Å². The zero-order valence-corrected chi connectivity index (χ0v) is 18.4. The molecule has 1 rings (SSSR count). The number of carbonyl (C=O) groups is 3. The van der Waals surface area contributed by atoms with Gasteiger partial charge in [-0.1, -0.05) is 30.3 Å². The Bertz CT molecular complexity index is 742. The summed E-state index contributed by atoms with van der Waals surface area (Å²) in [6, 6.07) is 6.09. The van der Waals surface area contributed by atoms with E-state index < -0.39 is 35.9 Å². The van der Waals surface area contributed by atoms with Crippen molar-refractivity contribution in [1.82, 2.24) is 10.6 Å². The molecule has 0 fully saturated rings. The number of carboxylic acids is 1. The molecule has 2 amide bonds. The fourth-order valence-electron chi connectivity index (χ4n) is 2.75. The SMILES string of the molecule is CSCC[C@H](N)C(=O)N[C@@H](CCCN=C(N)N)C(=O)N[C@@H](Cc1ccccc1)C(=O)O. The van der Waals surface area contributed by atoms with Crippen molar-refractivity contribution >= 4 is 35.5 Å². The fraction of sp³-hybridized carbons (Fsp3) is 0.500. The van der Waals surface area contributed by atoms with Crippen LogP contribution in [-0.4, -0.2) is 65.5 Å². The Hall–Kier alpha value is -2.79. The average Bonchev–Trinajstić information content (AvgIpc) is 2.73. The molecular formula is C20H32N6O4S. The second-order valence-electron chi connectivity index (χ2n) is 6.99. The van der Waals surface area contributed by atoms with Crippen LogP contribution in [0.1, 0.15) is 24.8 Å². The Labute approximate surface area is 186 Å². The first kappa shape index (κ1) is 26.2. The molecule has 0 saturated heterocycles. The lowest BCUT2D eigenvalue weighted by molar-refractivity contribution is -0.142. The first-order valence-electron chi connectivity index (χ1n) is 9.92. The zero-order valence-electron chi connectivity index (χ0n) is 17.6. The van der Waals surface area contributed by atoms with Crippen LogP contribution in [0.3, 0.4) is 0 Å². The number of hydrogen-bond donors (Lipinski definition) is 6. The predicted molar refractivity (Wildman–Crippen MR) is 123 cm³/mol. The van der Waals surface area contributed by atoms with Crippen molar-refractivity contribution in [2.24, 2.45) is 22.2 Å². The molecule has 31 heavy (non-hydrogen) atoms. The first-order valence-corrected chi connectivity index (χ1v) is 11.3. The van der Waals surface area contributed by atoms with Gasteiger partial charge < -0.3 is 32.9 Å². The van der Waals surface area contributed by atoms with Crippen molar-refractivity contribution < 1.29 is 19.5 Å². The minimum Gasteiger partial charge on any atom is -0.480 e. The van der Waals surface area contributed by atoms with Gasteiger partial charge in [0.05, 0.1) is 6.04 Å². The van der Waals surface area contributed by atoms with Gasteiger partial charge in [-0.2, -0.15) is 11.8 Å². The van der Waals surface area contributed by atoms with Gasteiger partial charge in [0.2, 0.25) is 11.8 Å². The molecule has 3 atom stereocenters. The van der Waals surface area contributed by atoms with Crippen molar-refractivity contribution in [1.29, 1.82) is 0 Å². The summed E-state index contributed by atoms with van der Waals surface area (Å²) in [5.41, 5.74) is 17.3. The number of carbonyl (C=O) groups excluding carboxylic acids is 2. The number of rotatable bonds is 14. The molecule has 1 aromatic rings. The number of carboxylic acid groups (broad SMARTS) is 1. The van der Waals surface area contributed by atoms with Gasteiger partial charge in [-0.25, -0.2) is 4.79 Å². The molecular weight excluding hydrogens is 420 g/mol. The third-order valence-corrected chi connectivity index (χ3v) is 5.09. The topological polar surface area (TPSA) is 186 Å². The highest BCUT2D eigenvalue weighted by atomic mass is 32.2. The molecule has 9 N–H and O–H groups in total. The molecule has 10 nitrogen and oxygen atoms in total. The van der Waals surface area contributed by atoms with Gasteiger partial charge in [-0.05, 0) is 36.8 Å². The van der Waals surface area contributed by atoms with Gasteiger partial charge in [-0.3, -0.25) is 14.6 Å². The average molecular weight is 453 g/mol. The Morgan fingerprint density at radius 3 is 2.29 bits per heavy atom. The first-order chi connectivity index (χ1) is 14.7. The quantitative estimate of drug-likeness (QED) is 0.123. The van der Waals surface area contributed by atoms with Gasteiger partial charge in [0.15, 0.2) is 5.96 Å². The molecule has 0 bridgehead atoms. The molecule has 0 unspecified atom stereocenters. The summed E-state index contributed by atoms with van der Waals surface area (Å²) in [6.45, 7) is 0.271. The van der Waals surface area contributed by atoms with E-state index in [0.29, 0.717) is 18.6 Å². The van der Waals surface area contributed by atoms with E-state index in [-0.39, 0.29) is 25.3 Å². The van der Waals surface area contributed by atoms with Gasteiger partial charge in [-0.15, -0.1) is 0 Å². The lowest BCUT2D eigenvalue weighted by Gasteiger charge is -2.23. The minimum atomic E-state index is -1.17. The summed E-state index contributed by atoms with van der Waals surface area (Å²) < 4.78 is 0. The lowest BCUT2D eigenvalue weighted by Crippen LogP contribution is -2.55. The van der Waals surface area contributed by atoms with Crippen molar-refractivity contribution in [2.45, 2.75) is 43.8 Å². The van der Waals surface area contributed by atoms with Crippen LogP contribution < -0.4 is 27.8 Å². The summed E-state index contributed by atoms with van der Waals surface area (Å²) in [5, 5.41) is 14.7. The monoisotopic (exact) mass is 452 g/mol. The van der Waals surface area contributed by atoms with Crippen molar-refractivity contribution in [2.75, 3.05) is 18.6 Å². The molecule has 0 radical (unpaired) electrons. The maximum Gasteiger partial charge on any atom is 0.326 e. The molecule has 0 aliphatic carbocycles. The number of nitrogens with zero attached hydrogens (tertiary/aromatic N) is 1. The maximum atomic E-state index is 12.8. The van der Waals surface area contributed by atoms with E-state index in [0.717, 1.165) is 5.56 Å². The molecule has 172 valence electrons. The van der Waals surface area contributed by atoms with E-state index in [2.05, 4.69) is 15.6 Å². The number of nitrogens with one attached hydrogen (secondary N) is 2. The number of nitrogens with two attached hydrogens (primary N) is 3. The fourth-order valence-corrected chi connectivity index (χ4v) is 3.24. The molecule has 1 aromatic carbocycles. The minimum absolute atomic E-state index is 0.0714. The van der Waals surface area contributed by atoms with Gasteiger partial charge in [0, 0.05) is 13.0 Å². The van der Waals surface area contributed by atoms with Crippen molar-refractivity contribution in [3.63, 3.8) is 0 Å². The second kappa shape index (κ2) is 14.3. The van der Waals surface area contributed by atoms with Crippen LogP contribution in [0.25, 0.3) is 0 Å². The Morgan fingerprint density at radius 2 is 1.71 bits per heavy atom. The van der Waals surface area contributed by atoms with Gasteiger partial charge in [0.25, 0.3) is 0 Å². The number of thioether (sulfide) groups is 1. The second-order valence-corrected chi connectivity index (χ2v) is 7.97. The maximum absolute atomic E-state index is 12.8. The normalized spacial score (nSPS) is 13.5. The number of aliphatic imine (C=N–C) groups is 1. The summed E-state index contributed by atoms with van der Waals surface area (Å²) in [6.07, 6.45) is 3.11. The van der Waals surface area contributed by atoms with Crippen LogP contribution in [0.15, 0.2) is 35.3 Å². The number of benzene rings is 1. The third-order valence-electron chi connectivity index (χ3n) is 4.45. The summed E-state index contributed by atoms with van der Waals surface area (Å²) in [5.74, 6) is -1.60. The molecule has 0 aliphatic rings. The number of guanidine groups is 1. The Kier molecular flexibility index (Phi) is 12.1. The van der Waals surface area contributed by atoms with Gasteiger partial charge in [0.1, 0.15) is 12.1 Å². The molecule has 11 heteroatoms. The highest BCUT2D eigenvalue weighted by Gasteiger charge is 2.27. The highest BCUT2D eigenvalue weighted by Crippen LogP contribution is 2.06. The standard InChI is InChI=1S/C20H32N6O4S/c1-31-11-9-14(21)17(27)25-15(8-5-10-24-20(22)23)18(28)26-16(19(29)30)12-13-6-3-2-4-7-13/h2-4,6-7,14-16H,5,8-12,21H2,1H3,(H,25,27)(H,26,28)(H,29,30)(H4,22,23,24)/t14-,15-,16-/m0/s1. The van der Waals surface area contributed by atoms with E-state index in [9.17, 15) is 19.5 Å². The van der Waals surface area contributed by atoms with E-state index in [1.165, 1.54) is 0 Å². The number of aliphatic carboxylic acids is 1. The van der Waals surface area contributed by atoms with E-state index >= 15 is 0 Å². The highest BCUT2D eigenvalue weighted by molar-refractivity contribution is 7.98. The Morgan fingerprint density at radius 1 is 1.06 bits per heavy atom. The smallest absolute Gasteiger partial charge is 0.326 e. The predicted octanol–water partition coefficient (Wildman–Crippen LogP) is -0.583. The molecule has 0 spiro atoms. The molecule has 0 saturated carbocycles. The largest absolute Gasteiger partial charge is 0.480 e. The summed E-state index contributed by atoms with van der Waals surface area (Å²) in [7, 11) is 0. The van der Waals surface area contributed by atoms with Crippen LogP contribution in [0, 0.1) is 0 Å². The summed E-state index contributed by atoms with van der Waals surface area (Å²) >= 11 is 1.56. The van der Waals surface area contributed by atoms with Crippen LogP contribution >= 0.6 is 11.8 Å². The molecule has 0 heterocycles. The van der Waals surface area contributed by atoms with E-state index in [4.69, 9.17) is 17.2 Å². The molecule has 0 aliphatic heterocycles. The van der Waals surface area contributed by atoms with Crippen LogP contribution in [0.2, 0.25) is 0 Å². The summed E-state index contributed by atoms with van der Waals surface area (Å²) in [4.78, 5) is 40.8. The molecule has 0 aromatic heterocycles. The van der Waals surface area contributed by atoms with Crippen molar-refractivity contribution in [3.8, 4) is 0 Å². The third kappa shape index (κ3) is 10.7. The van der Waals surface area contributed by atoms with Crippen LogP contribution in [-0.2, 0) is 20.8 Å². The van der Waals surface area contributed by atoms with Crippen LogP contribution in [0.4, 0.5) is 0 Å². The van der Waals surface area contributed by atoms with E-state index in [1.54, 1.807) is 36.0 Å². The lowest BCUT2D eigenvalue weighted by atomic mass is 10.0. The zero-order chi connectivity index (χ0) is 23.2. The number of hydrogen-bond acceptors (Lipinski definition) is 6. The van der Waals surface area contributed by atoms with Gasteiger partial charge >= 0.3 is 5.97 Å².